The Morgan fingerprint density at radius 1 is 0.542 bits per heavy atom. The van der Waals surface area contributed by atoms with Gasteiger partial charge in [-0.1, -0.05) is 65.8 Å². The number of aryl methyl sites for hydroxylation is 5. The number of aromatic carboxylic acids is 1. The van der Waals surface area contributed by atoms with Crippen LogP contribution in [0.3, 0.4) is 0 Å². The van der Waals surface area contributed by atoms with Crippen molar-refractivity contribution in [2.45, 2.75) is 180 Å². The van der Waals surface area contributed by atoms with E-state index in [4.69, 9.17) is 61.2 Å². The Labute approximate surface area is 691 Å². The van der Waals surface area contributed by atoms with Gasteiger partial charge in [0.15, 0.2) is 5.57 Å². The fraction of sp³-hybridized carbons (Fsp3) is 0.532. The monoisotopic (exact) mass is 1720 g/mol. The lowest BCUT2D eigenvalue weighted by molar-refractivity contribution is -0.139. The van der Waals surface area contributed by atoms with Gasteiger partial charge in [-0.2, -0.15) is 65.5 Å². The minimum absolute atomic E-state index is 0.0313. The molecule has 0 bridgehead atoms. The fourth-order valence-corrected chi connectivity index (χ4v) is 12.5. The molecule has 664 valence electrons. The lowest BCUT2D eigenvalue weighted by atomic mass is 10.1. The van der Waals surface area contributed by atoms with E-state index in [1.54, 1.807) is 74.0 Å². The number of carbonyl (C=O) groups excluding carboxylic acids is 5. The number of benzene rings is 2. The molecule has 0 unspecified atom stereocenters. The van der Waals surface area contributed by atoms with Crippen LogP contribution in [-0.4, -0.2) is 200 Å². The first-order valence-corrected chi connectivity index (χ1v) is 40.7. The zero-order chi connectivity index (χ0) is 89.8. The molecule has 10 rings (SSSR count). The second-order valence-corrected chi connectivity index (χ2v) is 27.1. The van der Waals surface area contributed by atoms with Crippen LogP contribution in [0.5, 0.6) is 0 Å². The standard InChI is InChI=1S/C18H20F3N3O2.C16H16F3N3O2.C11H19N3O5S.C10H17N3O3.C10H15N3O2.C10H15NO3.C2H8N2O/c1-3-14-15(17(25)26-4-2)16-23(8-9-24(16)22-14)11-12-6-5-7-13(10-12)18(19,20)21;1-2-12-13(15(23)24)14-21(6-7-22(14)20-12)9-10-4-3-5-11(8-10)16(17,18)19;1-4-8-9(11(15)18-5-2)10(12)14(13-8)6-7-19-20(3,16)17;1-3-7-8(10(15)16-4-2)9(11)13(12-7)5-6-14;1-3-7-8(10(14)15-4-2)9-11-5-6-13(9)12-7;1-4-9(13-5-2)8(7-11)10(12)14-6-3;3-4-1-2-5/h5-7,10H,3-4,8-9,11H2,1-2H3;3-5,8H,2,6-7,9H2,1H3,(H,23,24);4-7,12H2,1-3H3;14H,3-6,11H2,1-2H3;11H,3-6H2,1-2H3;4-6H2,1-3H3;4-5H,1-3H2/b;;;;;9-8+;. The minimum Gasteiger partial charge on any atom is -0.497 e. The molecule has 0 saturated heterocycles. The summed E-state index contributed by atoms with van der Waals surface area (Å²) in [5.41, 5.74) is 18.3. The molecule has 7 aromatic rings. The predicted molar refractivity (Wildman–Crippen MR) is 429 cm³/mol. The highest BCUT2D eigenvalue weighted by atomic mass is 32.2. The summed E-state index contributed by atoms with van der Waals surface area (Å²) in [5, 5.41) is 59.6. The number of nitrogens with zero attached hydrogens (tertiary/aromatic N) is 13. The number of hydrazine groups is 1. The smallest absolute Gasteiger partial charge is 0.416 e. The number of alkyl halides is 6. The highest BCUT2D eigenvalue weighted by Gasteiger charge is 2.37. The number of halogens is 6. The van der Waals surface area contributed by atoms with Crippen molar-refractivity contribution in [1.29, 1.82) is 5.26 Å². The summed E-state index contributed by atoms with van der Waals surface area (Å²) in [5.74, 6) is 4.05. The number of nitrogens with one attached hydrogen (secondary N) is 2. The molecule has 3 aliphatic heterocycles. The number of nitrogen functional groups attached to an aromatic ring is 2. The third kappa shape index (κ3) is 28.4. The molecule has 0 aliphatic carbocycles. The minimum atomic E-state index is -4.40. The number of aliphatic hydroxyl groups is 2. The topological polar surface area (TPSA) is 483 Å². The Kier molecular flexibility index (Phi) is 41.5. The zero-order valence-corrected chi connectivity index (χ0v) is 70.5. The Morgan fingerprint density at radius 3 is 1.32 bits per heavy atom. The van der Waals surface area contributed by atoms with Gasteiger partial charge < -0.3 is 70.3 Å². The number of anilines is 5. The molecular formula is C77H110F6N18O18S. The SMILES string of the molecule is CCOC(=O)/C(C#N)=C(\CC)OCC.CCOC(=O)c1c(CC)nn(CCO)c1N.CCOC(=O)c1c(CC)nn(CCOS(C)(=O)=O)c1N.CCOC(=O)c1c(CC)nn2c1N(Cc1cccc(C(F)(F)F)c1)CC2.CCOC(=O)c1c(CC)nn2c1NCC2.CCc1nn2c(c1C(=O)O)N(Cc1cccc(C(F)(F)F)c1)CC2.NNCCO. The first-order valence-electron chi connectivity index (χ1n) is 38.9. The molecule has 0 atom stereocenters. The molecule has 2 aromatic carbocycles. The number of carboxylic acids is 1. The summed E-state index contributed by atoms with van der Waals surface area (Å²) in [4.78, 5) is 74.0. The number of ether oxygens (including phenoxy) is 6. The average Bonchev–Trinajstić information content (AvgIpc) is 1.62. The summed E-state index contributed by atoms with van der Waals surface area (Å²) in [6, 6.07) is 12.1. The second kappa shape index (κ2) is 49.3. The Bertz CT molecular complexity index is 4720. The van der Waals surface area contributed by atoms with Crippen molar-refractivity contribution in [2.75, 3.05) is 118 Å². The zero-order valence-electron chi connectivity index (χ0n) is 69.7. The first kappa shape index (κ1) is 101. The summed E-state index contributed by atoms with van der Waals surface area (Å²) in [6.45, 7) is 28.7. The second-order valence-electron chi connectivity index (χ2n) is 25.5. The van der Waals surface area contributed by atoms with Crippen molar-refractivity contribution in [3.8, 4) is 6.07 Å². The first-order chi connectivity index (χ1) is 57.0. The average molecular weight is 1720 g/mol. The van der Waals surface area contributed by atoms with Gasteiger partial charge in [-0.05, 0) is 109 Å². The number of esters is 5. The molecule has 3 aliphatic rings. The predicted octanol–water partition coefficient (Wildman–Crippen LogP) is 8.48. The van der Waals surface area contributed by atoms with E-state index in [1.807, 2.05) is 51.1 Å². The number of carboxylic acid groups (broad SMARTS) is 1. The van der Waals surface area contributed by atoms with Gasteiger partial charge in [-0.3, -0.25) is 15.5 Å². The van der Waals surface area contributed by atoms with E-state index in [2.05, 4.69) is 40.4 Å². The van der Waals surface area contributed by atoms with E-state index in [0.29, 0.717) is 153 Å². The van der Waals surface area contributed by atoms with E-state index >= 15 is 0 Å². The number of hydrogen-bond acceptors (Lipinski definition) is 30. The summed E-state index contributed by atoms with van der Waals surface area (Å²) >= 11 is 0. The van der Waals surface area contributed by atoms with Gasteiger partial charge in [0.25, 0.3) is 10.1 Å². The number of fused-ring (bicyclic) bond motifs is 3. The molecule has 5 aromatic heterocycles. The summed E-state index contributed by atoms with van der Waals surface area (Å²) in [6.07, 6.45) is -4.40. The third-order valence-corrected chi connectivity index (χ3v) is 17.9. The molecule has 0 radical (unpaired) electrons. The van der Waals surface area contributed by atoms with Crippen molar-refractivity contribution >= 4 is 75.0 Å². The van der Waals surface area contributed by atoms with Crippen LogP contribution < -0.4 is 37.9 Å². The number of rotatable bonds is 31. The Morgan fingerprint density at radius 2 is 0.942 bits per heavy atom. The molecule has 8 heterocycles. The maximum atomic E-state index is 12.9. The lowest BCUT2D eigenvalue weighted by Crippen LogP contribution is -2.24. The van der Waals surface area contributed by atoms with Gasteiger partial charge in [-0.15, -0.1) is 0 Å². The highest BCUT2D eigenvalue weighted by Crippen LogP contribution is 2.36. The van der Waals surface area contributed by atoms with Gasteiger partial charge >= 0.3 is 48.2 Å². The Hall–Kier alpha value is -11.3. The van der Waals surface area contributed by atoms with E-state index in [9.17, 15) is 68.6 Å². The van der Waals surface area contributed by atoms with E-state index in [1.165, 1.54) is 21.5 Å². The number of carbonyl (C=O) groups is 6. The molecule has 0 saturated carbocycles. The van der Waals surface area contributed by atoms with Gasteiger partial charge in [0.2, 0.25) is 0 Å². The molecule has 0 spiro atoms. The summed E-state index contributed by atoms with van der Waals surface area (Å²) in [7, 11) is -3.51. The molecular weight excluding hydrogens is 1610 g/mol. The molecule has 36 nitrogen and oxygen atoms in total. The van der Waals surface area contributed by atoms with Gasteiger partial charge in [0.1, 0.15) is 68.7 Å². The number of hydrogen-bond donors (Lipinski definition) is 8. The van der Waals surface area contributed by atoms with Crippen molar-refractivity contribution < 1.29 is 111 Å². The van der Waals surface area contributed by atoms with Crippen LogP contribution in [0.2, 0.25) is 0 Å². The Balaban J connectivity index is 0.000000303. The quantitative estimate of drug-likeness (QED) is 0.00232. The van der Waals surface area contributed by atoms with Gasteiger partial charge in [0, 0.05) is 45.7 Å². The molecule has 11 N–H and O–H groups in total. The van der Waals surface area contributed by atoms with E-state index in [-0.39, 0.29) is 100 Å². The lowest BCUT2D eigenvalue weighted by Gasteiger charge is -2.19. The van der Waals surface area contributed by atoms with Crippen molar-refractivity contribution in [3.05, 3.63) is 138 Å². The molecule has 120 heavy (non-hydrogen) atoms. The molecule has 43 heteroatoms. The summed E-state index contributed by atoms with van der Waals surface area (Å²) < 4.78 is 142. The number of nitriles is 1. The van der Waals surface area contributed by atoms with E-state index < -0.39 is 63.4 Å². The van der Waals surface area contributed by atoms with Crippen molar-refractivity contribution in [2.24, 2.45) is 5.84 Å². The van der Waals surface area contributed by atoms with E-state index in [0.717, 1.165) is 61.5 Å². The van der Waals surface area contributed by atoms with Crippen LogP contribution in [0.4, 0.5) is 55.4 Å². The normalized spacial score (nSPS) is 12.5. The van der Waals surface area contributed by atoms with Crippen LogP contribution in [0.1, 0.15) is 192 Å². The van der Waals surface area contributed by atoms with Crippen LogP contribution in [0.15, 0.2) is 59.9 Å². The van der Waals surface area contributed by atoms with Crippen molar-refractivity contribution in [3.63, 3.8) is 0 Å². The van der Waals surface area contributed by atoms with Crippen molar-refractivity contribution in [1.82, 2.24) is 54.3 Å². The fourth-order valence-electron chi connectivity index (χ4n) is 12.1. The van der Waals surface area contributed by atoms with Crippen LogP contribution in [0.25, 0.3) is 0 Å². The van der Waals surface area contributed by atoms with Gasteiger partial charge in [-0.25, -0.2) is 52.2 Å². The molecule has 0 amide bonds. The number of nitrogens with two attached hydrogens (primary N) is 3. The van der Waals surface area contributed by atoms with Gasteiger partial charge in [0.05, 0.1) is 138 Å². The third-order valence-electron chi connectivity index (χ3n) is 17.3. The number of aliphatic hydroxyl groups excluding tert-OH is 2. The van der Waals surface area contributed by atoms with Crippen LogP contribution in [-0.2, 0) is 138 Å². The maximum absolute atomic E-state index is 12.9. The number of aromatic nitrogens is 10. The highest BCUT2D eigenvalue weighted by molar-refractivity contribution is 7.86. The largest absolute Gasteiger partial charge is 0.497 e. The number of allylic oxidation sites excluding steroid dienone is 1. The van der Waals surface area contributed by atoms with Crippen LogP contribution >= 0.6 is 0 Å². The van der Waals surface area contributed by atoms with Crippen LogP contribution in [0, 0.1) is 11.3 Å². The maximum Gasteiger partial charge on any atom is 0.416 e. The molecule has 0 fully saturated rings.